The Labute approximate surface area is 260 Å². The molecule has 2 aromatic rings. The zero-order chi connectivity index (χ0) is 32.9. The minimum Gasteiger partial charge on any atom is -0.493 e. The Morgan fingerprint density at radius 1 is 0.955 bits per heavy atom. The van der Waals surface area contributed by atoms with Crippen molar-refractivity contribution in [1.29, 1.82) is 0 Å². The number of alkyl halides is 3. The summed E-state index contributed by atoms with van der Waals surface area (Å²) in [5.41, 5.74) is 0.332. The summed E-state index contributed by atoms with van der Waals surface area (Å²) >= 11 is 0. The van der Waals surface area contributed by atoms with Gasteiger partial charge in [-0.1, -0.05) is 52.0 Å². The number of benzene rings is 2. The molecule has 44 heavy (non-hydrogen) atoms. The van der Waals surface area contributed by atoms with Crippen LogP contribution in [0.15, 0.2) is 42.5 Å². The molecule has 1 amide bonds. The Morgan fingerprint density at radius 2 is 1.66 bits per heavy atom. The molecule has 0 aliphatic carbocycles. The number of rotatable bonds is 19. The Kier molecular flexibility index (Phi) is 15.5. The third kappa shape index (κ3) is 11.6. The minimum atomic E-state index is -4.51. The molecule has 0 saturated heterocycles. The maximum atomic E-state index is 13.4. The molecular formula is C34H51F3N2O5. The number of nitrogens with one attached hydrogen (secondary N) is 2. The number of hydrogen-bond donors (Lipinski definition) is 3. The van der Waals surface area contributed by atoms with Crippen LogP contribution in [-0.4, -0.2) is 57.6 Å². The summed E-state index contributed by atoms with van der Waals surface area (Å²) in [5, 5.41) is 17.3. The summed E-state index contributed by atoms with van der Waals surface area (Å²) < 4.78 is 56.8. The van der Waals surface area contributed by atoms with E-state index in [1.165, 1.54) is 18.2 Å². The van der Waals surface area contributed by atoms with Crippen LogP contribution in [0.5, 0.6) is 11.5 Å². The molecule has 3 N–H and O–H groups in total. The van der Waals surface area contributed by atoms with Gasteiger partial charge >= 0.3 is 6.18 Å². The topological polar surface area (TPSA) is 89.1 Å². The molecule has 2 aromatic carbocycles. The lowest BCUT2D eigenvalue weighted by atomic mass is 9.80. The van der Waals surface area contributed by atoms with Gasteiger partial charge in [0.15, 0.2) is 11.5 Å². The number of methoxy groups -OCH3 is 2. The summed E-state index contributed by atoms with van der Waals surface area (Å²) in [4.78, 5) is 13.2. The molecule has 0 heterocycles. The van der Waals surface area contributed by atoms with Crippen molar-refractivity contribution in [3.05, 3.63) is 59.2 Å². The Hall–Kier alpha value is -2.82. The standard InChI is InChI=1S/C34H51F3N2O5/c1-22(2)26(17-24-13-14-31(43-7)32(18-24)44-16-10-15-42-6)19-29(38-5)30(40)20-27(23(3)4)33(41)39-21-25-11-8-9-12-28(25)34(35,36)37/h8-9,11-14,18,22-23,26-27,29-30,38,40H,10,15-17,19-21H2,1-7H3,(H,39,41)/t26?,27?,29?,30-/m0/s1. The Balaban J connectivity index is 2.10. The lowest BCUT2D eigenvalue weighted by molar-refractivity contribution is -0.138. The first-order chi connectivity index (χ1) is 20.8. The molecule has 0 radical (unpaired) electrons. The SMILES string of the molecule is CNC(CC(Cc1ccc(OC)c(OCCCOC)c1)C(C)C)[C@@H](O)CC(C(=O)NCc1ccccc1C(F)(F)F)C(C)C. The van der Waals surface area contributed by atoms with Crippen LogP contribution < -0.4 is 20.1 Å². The smallest absolute Gasteiger partial charge is 0.416 e. The van der Waals surface area contributed by atoms with Crippen LogP contribution in [0.4, 0.5) is 13.2 Å². The van der Waals surface area contributed by atoms with E-state index in [2.05, 4.69) is 24.5 Å². The molecule has 0 aliphatic rings. The number of aliphatic hydroxyl groups excluding tert-OH is 1. The highest BCUT2D eigenvalue weighted by atomic mass is 19.4. The molecule has 0 bridgehead atoms. The number of likely N-dealkylation sites (N-methyl/N-ethyl adjacent to an activating group) is 1. The van der Waals surface area contributed by atoms with Crippen LogP contribution in [0.1, 0.15) is 63.6 Å². The fraction of sp³-hybridized carbons (Fsp3) is 0.618. The van der Waals surface area contributed by atoms with Gasteiger partial charge in [-0.05, 0) is 73.4 Å². The largest absolute Gasteiger partial charge is 0.493 e. The number of carbonyl (C=O) groups excluding carboxylic acids is 1. The number of halogens is 3. The van der Waals surface area contributed by atoms with E-state index >= 15 is 0 Å². The van der Waals surface area contributed by atoms with Gasteiger partial charge in [-0.2, -0.15) is 13.2 Å². The summed E-state index contributed by atoms with van der Waals surface area (Å²) in [6, 6.07) is 10.9. The molecule has 0 saturated carbocycles. The van der Waals surface area contributed by atoms with Gasteiger partial charge in [0.25, 0.3) is 0 Å². The summed E-state index contributed by atoms with van der Waals surface area (Å²) in [6.45, 7) is 8.94. The number of amides is 1. The zero-order valence-electron chi connectivity index (χ0n) is 27.2. The summed E-state index contributed by atoms with van der Waals surface area (Å²) in [6.07, 6.45) is -2.98. The maximum Gasteiger partial charge on any atom is 0.416 e. The first-order valence-electron chi connectivity index (χ1n) is 15.4. The van der Waals surface area contributed by atoms with Crippen molar-refractivity contribution >= 4 is 5.91 Å². The minimum absolute atomic E-state index is 0.00588. The van der Waals surface area contributed by atoms with Gasteiger partial charge in [0.1, 0.15) is 0 Å². The third-order valence-electron chi connectivity index (χ3n) is 8.22. The van der Waals surface area contributed by atoms with Crippen LogP contribution in [0.3, 0.4) is 0 Å². The van der Waals surface area contributed by atoms with Gasteiger partial charge in [-0.15, -0.1) is 0 Å². The molecule has 4 atom stereocenters. The lowest BCUT2D eigenvalue weighted by Gasteiger charge is -2.32. The van der Waals surface area contributed by atoms with Gasteiger partial charge in [0.05, 0.1) is 25.4 Å². The second kappa shape index (κ2) is 18.2. The molecule has 7 nitrogen and oxygen atoms in total. The zero-order valence-corrected chi connectivity index (χ0v) is 27.2. The molecule has 0 spiro atoms. The summed E-state index contributed by atoms with van der Waals surface area (Å²) in [7, 11) is 5.06. The number of hydrogen-bond acceptors (Lipinski definition) is 6. The Morgan fingerprint density at radius 3 is 2.25 bits per heavy atom. The highest BCUT2D eigenvalue weighted by molar-refractivity contribution is 5.79. The predicted molar refractivity (Wildman–Crippen MR) is 167 cm³/mol. The van der Waals surface area contributed by atoms with E-state index in [1.807, 2.05) is 32.0 Å². The molecule has 2 rings (SSSR count). The van der Waals surface area contributed by atoms with E-state index < -0.39 is 23.8 Å². The van der Waals surface area contributed by atoms with Crippen molar-refractivity contribution in [3.63, 3.8) is 0 Å². The van der Waals surface area contributed by atoms with Gasteiger partial charge < -0.3 is 30.0 Å². The normalized spacial score (nSPS) is 14.8. The van der Waals surface area contributed by atoms with Gasteiger partial charge in [-0.3, -0.25) is 4.79 Å². The highest BCUT2D eigenvalue weighted by Crippen LogP contribution is 2.33. The van der Waals surface area contributed by atoms with E-state index in [0.29, 0.717) is 37.1 Å². The van der Waals surface area contributed by atoms with Gasteiger partial charge in [0.2, 0.25) is 5.91 Å². The fourth-order valence-corrected chi connectivity index (χ4v) is 5.40. The van der Waals surface area contributed by atoms with Crippen molar-refractivity contribution in [1.82, 2.24) is 10.6 Å². The van der Waals surface area contributed by atoms with E-state index in [0.717, 1.165) is 24.5 Å². The third-order valence-corrected chi connectivity index (χ3v) is 8.22. The maximum absolute atomic E-state index is 13.4. The van der Waals surface area contributed by atoms with Crippen molar-refractivity contribution in [2.75, 3.05) is 34.5 Å². The van der Waals surface area contributed by atoms with E-state index in [-0.39, 0.29) is 42.3 Å². The summed E-state index contributed by atoms with van der Waals surface area (Å²) in [5.74, 6) is 0.792. The monoisotopic (exact) mass is 624 g/mol. The van der Waals surface area contributed by atoms with E-state index in [1.54, 1.807) is 21.3 Å². The lowest BCUT2D eigenvalue weighted by Crippen LogP contribution is -2.44. The predicted octanol–water partition coefficient (Wildman–Crippen LogP) is 6.26. The second-order valence-corrected chi connectivity index (χ2v) is 12.0. The highest BCUT2D eigenvalue weighted by Gasteiger charge is 2.34. The molecule has 0 fully saturated rings. The van der Waals surface area contributed by atoms with Crippen LogP contribution >= 0.6 is 0 Å². The van der Waals surface area contributed by atoms with E-state index in [4.69, 9.17) is 14.2 Å². The van der Waals surface area contributed by atoms with Crippen LogP contribution in [-0.2, 0) is 28.7 Å². The van der Waals surface area contributed by atoms with Gasteiger partial charge in [-0.25, -0.2) is 0 Å². The first-order valence-corrected chi connectivity index (χ1v) is 15.4. The average Bonchev–Trinajstić information content (AvgIpc) is 2.98. The average molecular weight is 625 g/mol. The molecule has 0 aromatic heterocycles. The quantitative estimate of drug-likeness (QED) is 0.160. The van der Waals surface area contributed by atoms with Crippen molar-refractivity contribution in [2.45, 2.75) is 78.2 Å². The molecule has 3 unspecified atom stereocenters. The molecule has 248 valence electrons. The van der Waals surface area contributed by atoms with Crippen LogP contribution in [0.2, 0.25) is 0 Å². The second-order valence-electron chi connectivity index (χ2n) is 12.0. The van der Waals surface area contributed by atoms with Crippen LogP contribution in [0.25, 0.3) is 0 Å². The molecular weight excluding hydrogens is 573 g/mol. The Bertz CT molecular complexity index is 1140. The number of aliphatic hydroxyl groups is 1. The van der Waals surface area contributed by atoms with Crippen molar-refractivity contribution in [2.24, 2.45) is 23.7 Å². The first kappa shape index (κ1) is 37.4. The van der Waals surface area contributed by atoms with Crippen molar-refractivity contribution in [3.8, 4) is 11.5 Å². The number of ether oxygens (including phenoxy) is 3. The molecule has 10 heteroatoms. The fourth-order valence-electron chi connectivity index (χ4n) is 5.40. The number of carbonyl (C=O) groups is 1. The van der Waals surface area contributed by atoms with Crippen molar-refractivity contribution < 1.29 is 37.3 Å². The van der Waals surface area contributed by atoms with E-state index in [9.17, 15) is 23.1 Å². The molecule has 0 aliphatic heterocycles. The van der Waals surface area contributed by atoms with Crippen LogP contribution in [0, 0.1) is 23.7 Å². The van der Waals surface area contributed by atoms with Gasteiger partial charge in [0, 0.05) is 38.6 Å².